The van der Waals surface area contributed by atoms with Crippen LogP contribution in [0.2, 0.25) is 0 Å². The lowest BCUT2D eigenvalue weighted by Crippen LogP contribution is -2.55. The lowest BCUT2D eigenvalue weighted by atomic mass is 10.0. The zero-order valence-corrected chi connectivity index (χ0v) is 19.6. The maximum absolute atomic E-state index is 13.0. The summed E-state index contributed by atoms with van der Waals surface area (Å²) in [6.45, 7) is 4.67. The van der Waals surface area contributed by atoms with Crippen LogP contribution in [0.15, 0.2) is 53.4 Å². The van der Waals surface area contributed by atoms with Crippen molar-refractivity contribution in [3.63, 3.8) is 0 Å². The van der Waals surface area contributed by atoms with Gasteiger partial charge in [-0.05, 0) is 49.2 Å². The maximum Gasteiger partial charge on any atom is 0.261 e. The molecule has 0 saturated heterocycles. The number of amides is 3. The molecule has 0 saturated carbocycles. The molecule has 3 amide bonds. The van der Waals surface area contributed by atoms with Gasteiger partial charge in [0.2, 0.25) is 10.0 Å². The summed E-state index contributed by atoms with van der Waals surface area (Å²) in [5, 5.41) is 2.54. The molecule has 0 fully saturated rings. The molecule has 2 aromatic rings. The highest BCUT2D eigenvalue weighted by Crippen LogP contribution is 2.14. The van der Waals surface area contributed by atoms with E-state index in [2.05, 4.69) is 16.2 Å². The molecule has 0 radical (unpaired) electrons. The molecule has 2 aromatic carbocycles. The fourth-order valence-corrected chi connectivity index (χ4v) is 3.91. The van der Waals surface area contributed by atoms with Gasteiger partial charge in [0, 0.05) is 12.6 Å². The maximum atomic E-state index is 13.0. The molecule has 2 rings (SSSR count). The second kappa shape index (κ2) is 11.0. The van der Waals surface area contributed by atoms with Gasteiger partial charge in [0.15, 0.2) is 0 Å². The van der Waals surface area contributed by atoms with Crippen molar-refractivity contribution in [2.75, 3.05) is 13.6 Å². The molecule has 11 heteroatoms. The summed E-state index contributed by atoms with van der Waals surface area (Å²) in [4.78, 5) is 37.1. The van der Waals surface area contributed by atoms with Crippen LogP contribution < -0.4 is 16.2 Å². The van der Waals surface area contributed by atoms with Crippen LogP contribution in [0.1, 0.15) is 29.8 Å². The highest BCUT2D eigenvalue weighted by atomic mass is 32.2. The predicted molar refractivity (Wildman–Crippen MR) is 120 cm³/mol. The standard InChI is InChI=1S/C22H27FN4O5S/c1-14(2)20(24-21(29)16-7-9-17(23)10-8-16)22(30)26-25-19(28)13-27(4)33(31,32)18-11-5-15(3)6-12-18/h5-12,14,20H,13H2,1-4H3,(H,24,29)(H,25,28)(H,26,30)/t20-/m1/s1. The summed E-state index contributed by atoms with van der Waals surface area (Å²) in [5.74, 6) is -2.89. The lowest BCUT2D eigenvalue weighted by Gasteiger charge is -2.22. The molecule has 1 atom stereocenters. The van der Waals surface area contributed by atoms with Crippen LogP contribution in [0, 0.1) is 18.7 Å². The van der Waals surface area contributed by atoms with Crippen LogP contribution >= 0.6 is 0 Å². The molecular formula is C22H27FN4O5S. The number of hydrazine groups is 1. The zero-order valence-electron chi connectivity index (χ0n) is 18.8. The van der Waals surface area contributed by atoms with Gasteiger partial charge in [-0.2, -0.15) is 4.31 Å². The molecule has 0 aliphatic heterocycles. The van der Waals surface area contributed by atoms with E-state index in [1.165, 1.54) is 31.3 Å². The molecule has 0 unspecified atom stereocenters. The number of sulfonamides is 1. The number of likely N-dealkylation sites (N-methyl/N-ethyl adjacent to an activating group) is 1. The predicted octanol–water partition coefficient (Wildman–Crippen LogP) is 1.36. The Kier molecular flexibility index (Phi) is 8.66. The van der Waals surface area contributed by atoms with Gasteiger partial charge in [-0.15, -0.1) is 0 Å². The smallest absolute Gasteiger partial charge is 0.261 e. The van der Waals surface area contributed by atoms with Gasteiger partial charge in [0.05, 0.1) is 11.4 Å². The Bertz CT molecular complexity index is 1100. The third kappa shape index (κ3) is 7.09. The van der Waals surface area contributed by atoms with E-state index in [4.69, 9.17) is 0 Å². The second-order valence-electron chi connectivity index (χ2n) is 7.81. The van der Waals surface area contributed by atoms with Crippen molar-refractivity contribution in [3.05, 3.63) is 65.5 Å². The highest BCUT2D eigenvalue weighted by molar-refractivity contribution is 7.89. The van der Waals surface area contributed by atoms with E-state index in [0.29, 0.717) is 0 Å². The summed E-state index contributed by atoms with van der Waals surface area (Å²) in [5.41, 5.74) is 5.42. The summed E-state index contributed by atoms with van der Waals surface area (Å²) >= 11 is 0. The van der Waals surface area contributed by atoms with Crippen molar-refractivity contribution in [1.29, 1.82) is 0 Å². The van der Waals surface area contributed by atoms with Crippen molar-refractivity contribution < 1.29 is 27.2 Å². The first-order valence-corrected chi connectivity index (χ1v) is 11.5. The first-order chi connectivity index (χ1) is 15.4. The van der Waals surface area contributed by atoms with Crippen molar-refractivity contribution in [3.8, 4) is 0 Å². The van der Waals surface area contributed by atoms with E-state index in [-0.39, 0.29) is 16.4 Å². The van der Waals surface area contributed by atoms with E-state index in [0.717, 1.165) is 22.0 Å². The summed E-state index contributed by atoms with van der Waals surface area (Å²) in [6, 6.07) is 9.99. The third-order valence-electron chi connectivity index (χ3n) is 4.76. The van der Waals surface area contributed by atoms with Crippen molar-refractivity contribution in [2.45, 2.75) is 31.7 Å². The quantitative estimate of drug-likeness (QED) is 0.494. The van der Waals surface area contributed by atoms with Crippen LogP contribution in [-0.2, 0) is 19.6 Å². The van der Waals surface area contributed by atoms with Gasteiger partial charge in [-0.25, -0.2) is 12.8 Å². The molecule has 0 aliphatic rings. The van der Waals surface area contributed by atoms with Crippen LogP contribution in [0.3, 0.4) is 0 Å². The van der Waals surface area contributed by atoms with Crippen molar-refractivity contribution >= 4 is 27.7 Å². The van der Waals surface area contributed by atoms with E-state index in [9.17, 15) is 27.2 Å². The number of nitrogens with one attached hydrogen (secondary N) is 3. The zero-order chi connectivity index (χ0) is 24.8. The minimum atomic E-state index is -3.89. The van der Waals surface area contributed by atoms with Crippen LogP contribution in [-0.4, -0.2) is 50.1 Å². The average Bonchev–Trinajstić information content (AvgIpc) is 2.76. The fourth-order valence-electron chi connectivity index (χ4n) is 2.79. The molecule has 3 N–H and O–H groups in total. The Morgan fingerprint density at radius 1 is 0.970 bits per heavy atom. The number of hydrogen-bond donors (Lipinski definition) is 3. The normalized spacial score (nSPS) is 12.3. The van der Waals surface area contributed by atoms with Crippen molar-refractivity contribution in [2.24, 2.45) is 5.92 Å². The monoisotopic (exact) mass is 478 g/mol. The molecule has 0 spiro atoms. The Hall–Kier alpha value is -3.31. The molecule has 0 heterocycles. The van der Waals surface area contributed by atoms with Crippen molar-refractivity contribution in [1.82, 2.24) is 20.5 Å². The molecule has 0 aliphatic carbocycles. The molecule has 0 bridgehead atoms. The Labute approximate surface area is 192 Å². The topological polar surface area (TPSA) is 125 Å². The summed E-state index contributed by atoms with van der Waals surface area (Å²) < 4.78 is 39.1. The minimum Gasteiger partial charge on any atom is -0.340 e. The lowest BCUT2D eigenvalue weighted by molar-refractivity contribution is -0.130. The van der Waals surface area contributed by atoms with Crippen LogP contribution in [0.25, 0.3) is 0 Å². The van der Waals surface area contributed by atoms with Gasteiger partial charge in [0.1, 0.15) is 11.9 Å². The minimum absolute atomic E-state index is 0.0378. The fraction of sp³-hybridized carbons (Fsp3) is 0.318. The Morgan fingerprint density at radius 2 is 1.55 bits per heavy atom. The molecular weight excluding hydrogens is 451 g/mol. The van der Waals surface area contributed by atoms with Gasteiger partial charge in [-0.3, -0.25) is 25.2 Å². The number of aryl methyl sites for hydroxylation is 1. The Balaban J connectivity index is 1.95. The number of hydrogen-bond acceptors (Lipinski definition) is 5. The largest absolute Gasteiger partial charge is 0.340 e. The average molecular weight is 479 g/mol. The number of nitrogens with zero attached hydrogens (tertiary/aromatic N) is 1. The third-order valence-corrected chi connectivity index (χ3v) is 6.58. The first kappa shape index (κ1) is 25.9. The highest BCUT2D eigenvalue weighted by Gasteiger charge is 2.26. The summed E-state index contributed by atoms with van der Waals surface area (Å²) in [6.07, 6.45) is 0. The van der Waals surface area contributed by atoms with E-state index in [1.54, 1.807) is 26.0 Å². The molecule has 0 aromatic heterocycles. The van der Waals surface area contributed by atoms with Gasteiger partial charge in [-0.1, -0.05) is 31.5 Å². The number of halogens is 1. The Morgan fingerprint density at radius 3 is 2.09 bits per heavy atom. The molecule has 33 heavy (non-hydrogen) atoms. The SMILES string of the molecule is Cc1ccc(S(=O)(=O)N(C)CC(=O)NNC(=O)[C@H](NC(=O)c2ccc(F)cc2)C(C)C)cc1. The first-order valence-electron chi connectivity index (χ1n) is 10.1. The molecule has 9 nitrogen and oxygen atoms in total. The van der Waals surface area contributed by atoms with Crippen LogP contribution in [0.5, 0.6) is 0 Å². The number of carbonyl (C=O) groups is 3. The number of benzene rings is 2. The summed E-state index contributed by atoms with van der Waals surface area (Å²) in [7, 11) is -2.65. The van der Waals surface area contributed by atoms with Gasteiger partial charge < -0.3 is 5.32 Å². The van der Waals surface area contributed by atoms with Gasteiger partial charge in [0.25, 0.3) is 17.7 Å². The number of carbonyl (C=O) groups excluding carboxylic acids is 3. The number of rotatable bonds is 8. The van der Waals surface area contributed by atoms with E-state index >= 15 is 0 Å². The van der Waals surface area contributed by atoms with E-state index < -0.39 is 46.1 Å². The second-order valence-corrected chi connectivity index (χ2v) is 9.86. The van der Waals surface area contributed by atoms with Crippen LogP contribution in [0.4, 0.5) is 4.39 Å². The van der Waals surface area contributed by atoms with E-state index in [1.807, 2.05) is 6.92 Å². The molecule has 178 valence electrons. The van der Waals surface area contributed by atoms with Gasteiger partial charge >= 0.3 is 0 Å².